The number of carbonyl (C=O) groups excluding carboxylic acids is 1. The SMILES string of the molecule is CS(=O)(=O)N[C@@H](CC(=O)N1CCCCC1)c1ccc(F)cc1. The Kier molecular flexibility index (Phi) is 5.52. The van der Waals surface area contributed by atoms with Crippen molar-refractivity contribution in [2.45, 2.75) is 31.7 Å². The van der Waals surface area contributed by atoms with Crippen molar-refractivity contribution >= 4 is 15.9 Å². The zero-order valence-electron chi connectivity index (χ0n) is 12.6. The first kappa shape index (κ1) is 16.9. The fourth-order valence-corrected chi connectivity index (χ4v) is 3.36. The Labute approximate surface area is 130 Å². The largest absolute Gasteiger partial charge is 0.343 e. The summed E-state index contributed by atoms with van der Waals surface area (Å²) in [5.41, 5.74) is 0.581. The molecule has 2 rings (SSSR count). The van der Waals surface area contributed by atoms with Crippen molar-refractivity contribution in [3.8, 4) is 0 Å². The van der Waals surface area contributed by atoms with E-state index in [1.54, 1.807) is 4.90 Å². The Balaban J connectivity index is 2.13. The molecule has 0 aliphatic carbocycles. The van der Waals surface area contributed by atoms with Gasteiger partial charge in [0.2, 0.25) is 15.9 Å². The summed E-state index contributed by atoms with van der Waals surface area (Å²) in [7, 11) is -3.47. The van der Waals surface area contributed by atoms with Gasteiger partial charge in [0.15, 0.2) is 0 Å². The monoisotopic (exact) mass is 328 g/mol. The van der Waals surface area contributed by atoms with Crippen LogP contribution in [0.4, 0.5) is 4.39 Å². The van der Waals surface area contributed by atoms with Crippen LogP contribution in [0.15, 0.2) is 24.3 Å². The quantitative estimate of drug-likeness (QED) is 0.896. The van der Waals surface area contributed by atoms with E-state index in [4.69, 9.17) is 0 Å². The molecule has 1 aromatic carbocycles. The van der Waals surface area contributed by atoms with E-state index in [9.17, 15) is 17.6 Å². The van der Waals surface area contributed by atoms with Crippen LogP contribution in [0.1, 0.15) is 37.3 Å². The third kappa shape index (κ3) is 5.06. The molecule has 5 nitrogen and oxygen atoms in total. The number of amides is 1. The van der Waals surface area contributed by atoms with Crippen LogP contribution in [0, 0.1) is 5.82 Å². The Morgan fingerprint density at radius 3 is 2.36 bits per heavy atom. The van der Waals surface area contributed by atoms with Crippen molar-refractivity contribution in [3.05, 3.63) is 35.6 Å². The van der Waals surface area contributed by atoms with Gasteiger partial charge in [-0.15, -0.1) is 0 Å². The van der Waals surface area contributed by atoms with Crippen LogP contribution < -0.4 is 4.72 Å². The number of sulfonamides is 1. The molecule has 1 heterocycles. The molecule has 1 aliphatic rings. The summed E-state index contributed by atoms with van der Waals surface area (Å²) in [6, 6.07) is 4.85. The number of benzene rings is 1. The van der Waals surface area contributed by atoms with Crippen molar-refractivity contribution in [2.24, 2.45) is 0 Å². The second kappa shape index (κ2) is 7.19. The van der Waals surface area contributed by atoms with Gasteiger partial charge in [-0.25, -0.2) is 17.5 Å². The third-order valence-corrected chi connectivity index (χ3v) is 4.43. The molecule has 0 unspecified atom stereocenters. The van der Waals surface area contributed by atoms with Gasteiger partial charge in [-0.2, -0.15) is 0 Å². The van der Waals surface area contributed by atoms with Gasteiger partial charge in [-0.3, -0.25) is 4.79 Å². The molecule has 7 heteroatoms. The normalized spacial score (nSPS) is 17.3. The number of hydrogen-bond donors (Lipinski definition) is 1. The molecule has 0 aromatic heterocycles. The molecule has 0 bridgehead atoms. The van der Waals surface area contributed by atoms with E-state index in [1.165, 1.54) is 24.3 Å². The molecule has 0 spiro atoms. The van der Waals surface area contributed by atoms with Gasteiger partial charge in [-0.1, -0.05) is 12.1 Å². The van der Waals surface area contributed by atoms with Crippen LogP contribution in [0.5, 0.6) is 0 Å². The first-order valence-corrected chi connectivity index (χ1v) is 9.25. The predicted molar refractivity (Wildman–Crippen MR) is 82.2 cm³/mol. The van der Waals surface area contributed by atoms with Crippen molar-refractivity contribution < 1.29 is 17.6 Å². The van der Waals surface area contributed by atoms with Crippen LogP contribution in [0.2, 0.25) is 0 Å². The molecule has 1 fully saturated rings. The van der Waals surface area contributed by atoms with Gasteiger partial charge in [0.1, 0.15) is 5.82 Å². The highest BCUT2D eigenvalue weighted by Crippen LogP contribution is 2.21. The number of rotatable bonds is 5. The topological polar surface area (TPSA) is 66.5 Å². The molecule has 22 heavy (non-hydrogen) atoms. The summed E-state index contributed by atoms with van der Waals surface area (Å²) in [5.74, 6) is -0.477. The maximum atomic E-state index is 13.0. The van der Waals surface area contributed by atoms with Gasteiger partial charge in [-0.05, 0) is 37.0 Å². The van der Waals surface area contributed by atoms with E-state index < -0.39 is 21.9 Å². The molecule has 1 N–H and O–H groups in total. The Morgan fingerprint density at radius 2 is 1.82 bits per heavy atom. The number of carbonyl (C=O) groups is 1. The van der Waals surface area contributed by atoms with E-state index in [0.29, 0.717) is 18.7 Å². The first-order chi connectivity index (χ1) is 10.3. The third-order valence-electron chi connectivity index (χ3n) is 3.72. The van der Waals surface area contributed by atoms with Crippen LogP contribution in [0.25, 0.3) is 0 Å². The Bertz CT molecular complexity index is 610. The zero-order valence-corrected chi connectivity index (χ0v) is 13.4. The smallest absolute Gasteiger partial charge is 0.224 e. The number of nitrogens with zero attached hydrogens (tertiary/aromatic N) is 1. The van der Waals surface area contributed by atoms with Gasteiger partial charge in [0, 0.05) is 19.5 Å². The molecule has 1 saturated heterocycles. The molecule has 1 aliphatic heterocycles. The number of hydrogen-bond acceptors (Lipinski definition) is 3. The summed E-state index contributed by atoms with van der Waals surface area (Å²) in [4.78, 5) is 14.1. The second-order valence-electron chi connectivity index (χ2n) is 5.64. The van der Waals surface area contributed by atoms with Gasteiger partial charge in [0.25, 0.3) is 0 Å². The van der Waals surface area contributed by atoms with E-state index >= 15 is 0 Å². The van der Waals surface area contributed by atoms with E-state index in [1.807, 2.05) is 0 Å². The maximum Gasteiger partial charge on any atom is 0.224 e. The molecule has 1 aromatic rings. The van der Waals surface area contributed by atoms with Crippen molar-refractivity contribution in [1.29, 1.82) is 0 Å². The summed E-state index contributed by atoms with van der Waals surface area (Å²) in [6.45, 7) is 1.43. The highest BCUT2D eigenvalue weighted by Gasteiger charge is 2.24. The minimum Gasteiger partial charge on any atom is -0.343 e. The van der Waals surface area contributed by atoms with Gasteiger partial charge in [0.05, 0.1) is 12.3 Å². The molecule has 1 amide bonds. The molecule has 0 saturated carbocycles. The summed E-state index contributed by atoms with van der Waals surface area (Å²) >= 11 is 0. The van der Waals surface area contributed by atoms with Crippen LogP contribution in [-0.2, 0) is 14.8 Å². The number of nitrogens with one attached hydrogen (secondary N) is 1. The maximum absolute atomic E-state index is 13.0. The summed E-state index contributed by atoms with van der Waals surface area (Å²) < 4.78 is 38.6. The van der Waals surface area contributed by atoms with Crippen LogP contribution >= 0.6 is 0 Å². The average Bonchev–Trinajstić information content (AvgIpc) is 2.47. The Morgan fingerprint density at radius 1 is 1.23 bits per heavy atom. The highest BCUT2D eigenvalue weighted by molar-refractivity contribution is 7.88. The van der Waals surface area contributed by atoms with Gasteiger partial charge >= 0.3 is 0 Å². The van der Waals surface area contributed by atoms with E-state index in [0.717, 1.165) is 25.5 Å². The number of halogens is 1. The fourth-order valence-electron chi connectivity index (χ4n) is 2.63. The molecular formula is C15H21FN2O3S. The lowest BCUT2D eigenvalue weighted by Crippen LogP contribution is -2.38. The van der Waals surface area contributed by atoms with Crippen molar-refractivity contribution in [2.75, 3.05) is 19.3 Å². The summed E-state index contributed by atoms with van der Waals surface area (Å²) in [6.07, 6.45) is 4.17. The Hall–Kier alpha value is -1.47. The second-order valence-corrected chi connectivity index (χ2v) is 7.42. The van der Waals surface area contributed by atoms with Crippen LogP contribution in [0.3, 0.4) is 0 Å². The van der Waals surface area contributed by atoms with Crippen molar-refractivity contribution in [3.63, 3.8) is 0 Å². The zero-order chi connectivity index (χ0) is 16.2. The van der Waals surface area contributed by atoms with Crippen LogP contribution in [-0.4, -0.2) is 38.6 Å². The molecule has 0 radical (unpaired) electrons. The number of likely N-dealkylation sites (tertiary alicyclic amines) is 1. The first-order valence-electron chi connectivity index (χ1n) is 7.36. The van der Waals surface area contributed by atoms with E-state index in [2.05, 4.69) is 4.72 Å². The van der Waals surface area contributed by atoms with Gasteiger partial charge < -0.3 is 4.90 Å². The van der Waals surface area contributed by atoms with Crippen molar-refractivity contribution in [1.82, 2.24) is 9.62 Å². The average molecular weight is 328 g/mol. The summed E-state index contributed by atoms with van der Waals surface area (Å²) in [5, 5.41) is 0. The minimum atomic E-state index is -3.47. The van der Waals surface area contributed by atoms with E-state index in [-0.39, 0.29) is 12.3 Å². The number of piperidine rings is 1. The lowest BCUT2D eigenvalue weighted by Gasteiger charge is -2.28. The lowest BCUT2D eigenvalue weighted by molar-refractivity contribution is -0.132. The highest BCUT2D eigenvalue weighted by atomic mass is 32.2. The lowest BCUT2D eigenvalue weighted by atomic mass is 10.0. The molecule has 122 valence electrons. The molecular weight excluding hydrogens is 307 g/mol. The minimum absolute atomic E-state index is 0.0404. The molecule has 1 atom stereocenters. The fraction of sp³-hybridized carbons (Fsp3) is 0.533. The predicted octanol–water partition coefficient (Wildman–Crippen LogP) is 1.82. The standard InChI is InChI=1S/C15H21FN2O3S/c1-22(20,21)17-14(12-5-7-13(16)8-6-12)11-15(19)18-9-3-2-4-10-18/h5-8,14,17H,2-4,9-11H2,1H3/t14-/m0/s1.